The number of hydrogen-bond acceptors (Lipinski definition) is 15. The maximum absolute atomic E-state index is 13.1. The third-order valence-electron chi connectivity index (χ3n) is 16.5. The second-order valence-corrected chi connectivity index (χ2v) is 28.9. The number of carbonyl (C=O) groups excluding carboxylic acids is 4. The van der Waals surface area contributed by atoms with E-state index < -0.39 is 97.5 Å². The van der Waals surface area contributed by atoms with Crippen LogP contribution in [0.25, 0.3) is 0 Å². The molecule has 0 fully saturated rings. The second-order valence-electron chi connectivity index (χ2n) is 26.0. The van der Waals surface area contributed by atoms with E-state index in [1.165, 1.54) is 128 Å². The SMILES string of the molecule is CCCCCC/C=C\C=C/CCCCCCCC(=O)OC[C@H](COP(=O)(O)OC[C@@H](O)COP(=O)(O)OC[C@@H](COC(=O)CCCCCCC/C=C\CCCCCC)OC(=O)CCCCCCC/C=C\C=C/CCCCCC)OC(=O)CCCCCCCCCCCCCCC. The standard InChI is InChI=1S/C77H140O17P2/c1-5-9-13-17-21-25-29-33-35-39-42-46-50-54-58-62-75(80)88-68-72(93-76(81)63-59-55-51-47-43-38-32-28-24-20-16-12-8-4)69-91-95(83,84)89-65-71(78)66-90-96(85,86)92-70-73(67-87-74(79)61-57-53-49-45-41-37-31-27-23-19-15-11-7-3)94-77(82)64-60-56-52-48-44-40-36-34-30-26-22-18-14-10-6-2/h25-27,29-31,33-36,71-73,78H,5-24,28,32,37-70H2,1-4H3,(H,83,84)(H,85,86)/b29-25-,30-26-,31-27-,35-33-,36-34-/t71-,72-,73-/m1/s1. The lowest BCUT2D eigenvalue weighted by Crippen LogP contribution is -2.30. The zero-order valence-electron chi connectivity index (χ0n) is 61.1. The number of aliphatic hydroxyl groups excluding tert-OH is 1. The lowest BCUT2D eigenvalue weighted by Gasteiger charge is -2.21. The van der Waals surface area contributed by atoms with E-state index in [9.17, 15) is 43.2 Å². The molecule has 560 valence electrons. The second kappa shape index (κ2) is 70.2. The topological polar surface area (TPSA) is 237 Å². The van der Waals surface area contributed by atoms with E-state index in [0.29, 0.717) is 25.7 Å². The predicted molar refractivity (Wildman–Crippen MR) is 390 cm³/mol. The molecule has 0 aliphatic heterocycles. The van der Waals surface area contributed by atoms with Crippen LogP contribution in [0.2, 0.25) is 0 Å². The highest BCUT2D eigenvalue weighted by molar-refractivity contribution is 7.47. The van der Waals surface area contributed by atoms with Gasteiger partial charge in [0.05, 0.1) is 26.4 Å². The van der Waals surface area contributed by atoms with Crippen LogP contribution in [-0.2, 0) is 65.4 Å². The number of aliphatic hydroxyl groups is 1. The summed E-state index contributed by atoms with van der Waals surface area (Å²) in [4.78, 5) is 72.8. The molecule has 19 heteroatoms. The molecule has 0 aliphatic rings. The molecule has 2 unspecified atom stereocenters. The van der Waals surface area contributed by atoms with Gasteiger partial charge in [-0.1, -0.05) is 281 Å². The van der Waals surface area contributed by atoms with E-state index in [1.54, 1.807) is 0 Å². The fraction of sp³-hybridized carbons (Fsp3) is 0.818. The molecule has 0 aromatic carbocycles. The number of phosphoric acid groups is 2. The molecular weight excluding hydrogens is 1260 g/mol. The highest BCUT2D eigenvalue weighted by Crippen LogP contribution is 2.45. The first-order chi connectivity index (χ1) is 46.7. The van der Waals surface area contributed by atoms with Gasteiger partial charge in [0, 0.05) is 25.7 Å². The van der Waals surface area contributed by atoms with Crippen molar-refractivity contribution in [3.8, 4) is 0 Å². The molecule has 3 N–H and O–H groups in total. The Balaban J connectivity index is 5.34. The van der Waals surface area contributed by atoms with Crippen LogP contribution in [0.5, 0.6) is 0 Å². The highest BCUT2D eigenvalue weighted by atomic mass is 31.2. The first kappa shape index (κ1) is 92.8. The Hall–Kier alpha value is -3.24. The Kier molecular flexibility index (Phi) is 67.8. The minimum atomic E-state index is -4.97. The largest absolute Gasteiger partial charge is 0.472 e. The number of rotatable bonds is 73. The van der Waals surface area contributed by atoms with E-state index in [-0.39, 0.29) is 25.7 Å². The van der Waals surface area contributed by atoms with Crippen LogP contribution in [0.3, 0.4) is 0 Å². The zero-order chi connectivity index (χ0) is 70.4. The average molecular weight is 1400 g/mol. The van der Waals surface area contributed by atoms with Crippen molar-refractivity contribution in [2.24, 2.45) is 0 Å². The van der Waals surface area contributed by atoms with Crippen LogP contribution >= 0.6 is 15.6 Å². The van der Waals surface area contributed by atoms with Crippen molar-refractivity contribution < 1.29 is 80.2 Å². The summed E-state index contributed by atoms with van der Waals surface area (Å²) in [5.41, 5.74) is 0. The first-order valence-electron chi connectivity index (χ1n) is 38.6. The number of carbonyl (C=O) groups is 4. The predicted octanol–water partition coefficient (Wildman–Crippen LogP) is 21.9. The Labute approximate surface area is 584 Å². The van der Waals surface area contributed by atoms with Crippen molar-refractivity contribution in [1.29, 1.82) is 0 Å². The highest BCUT2D eigenvalue weighted by Gasteiger charge is 2.30. The van der Waals surface area contributed by atoms with Gasteiger partial charge in [-0.25, -0.2) is 9.13 Å². The molecule has 0 amide bonds. The quantitative estimate of drug-likeness (QED) is 0.0128. The van der Waals surface area contributed by atoms with Crippen molar-refractivity contribution >= 4 is 39.5 Å². The van der Waals surface area contributed by atoms with Crippen molar-refractivity contribution in [2.45, 2.75) is 367 Å². The summed E-state index contributed by atoms with van der Waals surface area (Å²) in [7, 11) is -9.94. The van der Waals surface area contributed by atoms with Gasteiger partial charge in [0.25, 0.3) is 0 Å². The van der Waals surface area contributed by atoms with Gasteiger partial charge in [-0.05, 0) is 103 Å². The number of unbranched alkanes of at least 4 members (excludes halogenated alkanes) is 39. The molecule has 0 aliphatic carbocycles. The summed E-state index contributed by atoms with van der Waals surface area (Å²) in [6.45, 7) is 4.82. The van der Waals surface area contributed by atoms with Crippen molar-refractivity contribution in [2.75, 3.05) is 39.6 Å². The molecule has 0 aromatic rings. The molecule has 0 saturated carbocycles. The maximum atomic E-state index is 13.1. The van der Waals surface area contributed by atoms with E-state index in [2.05, 4.69) is 88.5 Å². The molecule has 0 radical (unpaired) electrons. The number of phosphoric ester groups is 2. The monoisotopic (exact) mass is 1400 g/mol. The first-order valence-corrected chi connectivity index (χ1v) is 41.6. The van der Waals surface area contributed by atoms with Gasteiger partial charge in [0.1, 0.15) is 19.3 Å². The average Bonchev–Trinajstić information content (AvgIpc) is 1.17. The van der Waals surface area contributed by atoms with E-state index in [0.717, 1.165) is 141 Å². The Morgan fingerprint density at radius 3 is 0.792 bits per heavy atom. The molecule has 5 atom stereocenters. The van der Waals surface area contributed by atoms with Crippen LogP contribution in [-0.4, -0.2) is 96.7 Å². The summed E-state index contributed by atoms with van der Waals surface area (Å²) >= 11 is 0. The maximum Gasteiger partial charge on any atom is 0.472 e. The number of allylic oxidation sites excluding steroid dienone is 10. The third kappa shape index (κ3) is 69.2. The minimum Gasteiger partial charge on any atom is -0.462 e. The van der Waals surface area contributed by atoms with Crippen LogP contribution in [0.15, 0.2) is 60.8 Å². The molecular formula is C77H140O17P2. The number of hydrogen-bond donors (Lipinski definition) is 3. The third-order valence-corrected chi connectivity index (χ3v) is 18.4. The smallest absolute Gasteiger partial charge is 0.462 e. The Morgan fingerprint density at radius 2 is 0.510 bits per heavy atom. The number of ether oxygens (including phenoxy) is 4. The molecule has 0 spiro atoms. The molecule has 0 bridgehead atoms. The lowest BCUT2D eigenvalue weighted by atomic mass is 10.0. The fourth-order valence-electron chi connectivity index (χ4n) is 10.6. The zero-order valence-corrected chi connectivity index (χ0v) is 62.8. The molecule has 96 heavy (non-hydrogen) atoms. The lowest BCUT2D eigenvalue weighted by molar-refractivity contribution is -0.161. The van der Waals surface area contributed by atoms with E-state index in [1.807, 2.05) is 0 Å². The summed E-state index contributed by atoms with van der Waals surface area (Å²) in [6, 6.07) is 0. The Morgan fingerprint density at radius 1 is 0.292 bits per heavy atom. The van der Waals surface area contributed by atoms with Gasteiger partial charge < -0.3 is 33.8 Å². The fourth-order valence-corrected chi connectivity index (χ4v) is 12.1. The summed E-state index contributed by atoms with van der Waals surface area (Å²) in [6.07, 6.45) is 67.7. The van der Waals surface area contributed by atoms with Gasteiger partial charge in [-0.15, -0.1) is 0 Å². The van der Waals surface area contributed by atoms with Crippen molar-refractivity contribution in [3.63, 3.8) is 0 Å². The summed E-state index contributed by atoms with van der Waals surface area (Å²) in [5, 5.41) is 10.6. The molecule has 17 nitrogen and oxygen atoms in total. The van der Waals surface area contributed by atoms with E-state index in [4.69, 9.17) is 37.0 Å². The van der Waals surface area contributed by atoms with Gasteiger partial charge in [-0.3, -0.25) is 37.3 Å². The Bertz CT molecular complexity index is 2060. The van der Waals surface area contributed by atoms with Crippen LogP contribution in [0.1, 0.15) is 349 Å². The van der Waals surface area contributed by atoms with Crippen LogP contribution in [0, 0.1) is 0 Å². The normalized spacial score (nSPS) is 14.3. The molecule has 0 saturated heterocycles. The van der Waals surface area contributed by atoms with Gasteiger partial charge in [-0.2, -0.15) is 0 Å². The van der Waals surface area contributed by atoms with Crippen molar-refractivity contribution in [1.82, 2.24) is 0 Å². The van der Waals surface area contributed by atoms with Gasteiger partial charge in [0.15, 0.2) is 12.2 Å². The van der Waals surface area contributed by atoms with Gasteiger partial charge in [0.2, 0.25) is 0 Å². The molecule has 0 rings (SSSR count). The minimum absolute atomic E-state index is 0.0793. The van der Waals surface area contributed by atoms with Crippen molar-refractivity contribution in [3.05, 3.63) is 60.8 Å². The van der Waals surface area contributed by atoms with Crippen LogP contribution < -0.4 is 0 Å². The molecule has 0 heterocycles. The summed E-state index contributed by atoms with van der Waals surface area (Å²) in [5.74, 6) is -2.19. The summed E-state index contributed by atoms with van der Waals surface area (Å²) < 4.78 is 68.4. The van der Waals surface area contributed by atoms with E-state index >= 15 is 0 Å². The number of esters is 4. The van der Waals surface area contributed by atoms with Crippen LogP contribution in [0.4, 0.5) is 0 Å². The van der Waals surface area contributed by atoms with Gasteiger partial charge >= 0.3 is 39.5 Å². The molecule has 0 aromatic heterocycles.